The van der Waals surface area contributed by atoms with Crippen molar-refractivity contribution in [3.8, 4) is 0 Å². The molecule has 0 amide bonds. The molecule has 0 aliphatic heterocycles. The van der Waals surface area contributed by atoms with Crippen LogP contribution in [-0.4, -0.2) is 19.4 Å². The maximum absolute atomic E-state index is 12.6. The molecular formula is C14H19N3OS. The first kappa shape index (κ1) is 12.7. The van der Waals surface area contributed by atoms with Gasteiger partial charge in [-0.1, -0.05) is 25.7 Å². The van der Waals surface area contributed by atoms with Crippen LogP contribution in [0, 0.1) is 0 Å². The van der Waals surface area contributed by atoms with Gasteiger partial charge in [0.15, 0.2) is 5.16 Å². The van der Waals surface area contributed by atoms with Crippen molar-refractivity contribution in [1.82, 2.24) is 9.97 Å². The maximum Gasteiger partial charge on any atom is 0.197 e. The summed E-state index contributed by atoms with van der Waals surface area (Å²) in [6, 6.07) is 5.53. The number of nitrogens with zero attached hydrogens (tertiary/aromatic N) is 1. The van der Waals surface area contributed by atoms with Crippen LogP contribution in [0.4, 0.5) is 5.69 Å². The fourth-order valence-corrected chi connectivity index (χ4v) is 4.19. The second-order valence-electron chi connectivity index (χ2n) is 5.23. The van der Waals surface area contributed by atoms with E-state index in [0.29, 0.717) is 10.8 Å². The highest BCUT2D eigenvalue weighted by molar-refractivity contribution is 7.85. The van der Waals surface area contributed by atoms with Gasteiger partial charge in [-0.2, -0.15) is 0 Å². The number of H-pyrrole nitrogens is 1. The normalized spacial score (nSPS) is 19.4. The topological polar surface area (TPSA) is 71.8 Å². The van der Waals surface area contributed by atoms with E-state index < -0.39 is 10.8 Å². The third kappa shape index (κ3) is 2.66. The molecule has 0 spiro atoms. The molecule has 0 bridgehead atoms. The Balaban J connectivity index is 1.88. The van der Waals surface area contributed by atoms with Gasteiger partial charge in [0.05, 0.1) is 21.8 Å². The van der Waals surface area contributed by atoms with Crippen LogP contribution in [0.2, 0.25) is 0 Å². The molecule has 19 heavy (non-hydrogen) atoms. The van der Waals surface area contributed by atoms with Crippen LogP contribution in [0.1, 0.15) is 38.5 Å². The first-order chi connectivity index (χ1) is 9.24. The quantitative estimate of drug-likeness (QED) is 0.655. The monoisotopic (exact) mass is 277 g/mol. The molecule has 1 fully saturated rings. The number of benzene rings is 1. The number of rotatable bonds is 2. The number of nitrogens with one attached hydrogen (secondary N) is 1. The van der Waals surface area contributed by atoms with E-state index in [-0.39, 0.29) is 5.25 Å². The highest BCUT2D eigenvalue weighted by Gasteiger charge is 2.22. The zero-order valence-electron chi connectivity index (χ0n) is 10.9. The number of nitrogens with two attached hydrogens (primary N) is 1. The van der Waals surface area contributed by atoms with Crippen LogP contribution < -0.4 is 5.73 Å². The first-order valence-corrected chi connectivity index (χ1v) is 8.11. The Bertz CT molecular complexity index is 600. The van der Waals surface area contributed by atoms with Crippen molar-refractivity contribution < 1.29 is 4.21 Å². The second kappa shape index (κ2) is 5.33. The first-order valence-electron chi connectivity index (χ1n) is 6.90. The Morgan fingerprint density at radius 1 is 1.21 bits per heavy atom. The van der Waals surface area contributed by atoms with Gasteiger partial charge in [0.2, 0.25) is 0 Å². The average molecular weight is 277 g/mol. The summed E-state index contributed by atoms with van der Waals surface area (Å²) in [6.07, 6.45) is 7.00. The van der Waals surface area contributed by atoms with Crippen molar-refractivity contribution in [2.45, 2.75) is 48.9 Å². The van der Waals surface area contributed by atoms with Crippen LogP contribution >= 0.6 is 0 Å². The van der Waals surface area contributed by atoms with Gasteiger partial charge in [-0.25, -0.2) is 4.98 Å². The molecule has 2 aromatic rings. The Kier molecular flexibility index (Phi) is 3.55. The van der Waals surface area contributed by atoms with E-state index in [1.165, 1.54) is 25.7 Å². The minimum Gasteiger partial charge on any atom is -0.399 e. The molecule has 1 aliphatic carbocycles. The number of fused-ring (bicyclic) bond motifs is 1. The summed E-state index contributed by atoms with van der Waals surface area (Å²) in [7, 11) is -1.03. The van der Waals surface area contributed by atoms with E-state index in [4.69, 9.17) is 5.73 Å². The van der Waals surface area contributed by atoms with Gasteiger partial charge in [0, 0.05) is 10.9 Å². The summed E-state index contributed by atoms with van der Waals surface area (Å²) < 4.78 is 12.6. The molecule has 5 heteroatoms. The molecule has 1 unspecified atom stereocenters. The van der Waals surface area contributed by atoms with Gasteiger partial charge in [-0.15, -0.1) is 0 Å². The number of anilines is 1. The standard InChI is InChI=1S/C14H19N3OS/c15-10-7-8-12-13(9-10)17-14(16-12)19(18)11-5-3-1-2-4-6-11/h7-9,11H,1-6,15H2,(H,16,17). The molecule has 1 atom stereocenters. The molecule has 4 nitrogen and oxygen atoms in total. The van der Waals surface area contributed by atoms with Crippen LogP contribution in [0.15, 0.2) is 23.4 Å². The van der Waals surface area contributed by atoms with Crippen LogP contribution in [0.25, 0.3) is 11.0 Å². The smallest absolute Gasteiger partial charge is 0.197 e. The highest BCUT2D eigenvalue weighted by atomic mass is 32.2. The Labute approximate surface area is 115 Å². The fraction of sp³-hybridized carbons (Fsp3) is 0.500. The Hall–Kier alpha value is -1.36. The van der Waals surface area contributed by atoms with E-state index in [9.17, 15) is 4.21 Å². The van der Waals surface area contributed by atoms with Gasteiger partial charge in [-0.3, -0.25) is 4.21 Å². The van der Waals surface area contributed by atoms with Crippen LogP contribution in [-0.2, 0) is 10.8 Å². The van der Waals surface area contributed by atoms with Crippen LogP contribution in [0.3, 0.4) is 0 Å². The zero-order valence-corrected chi connectivity index (χ0v) is 11.7. The average Bonchev–Trinajstić information content (AvgIpc) is 2.64. The van der Waals surface area contributed by atoms with E-state index in [0.717, 1.165) is 23.9 Å². The van der Waals surface area contributed by atoms with E-state index >= 15 is 0 Å². The predicted molar refractivity (Wildman–Crippen MR) is 78.4 cm³/mol. The number of hydrogen-bond acceptors (Lipinski definition) is 3. The SMILES string of the molecule is Nc1ccc2nc(S(=O)C3CCCCCC3)[nH]c2c1. The van der Waals surface area contributed by atoms with Crippen molar-refractivity contribution >= 4 is 27.5 Å². The van der Waals surface area contributed by atoms with Gasteiger partial charge in [0.1, 0.15) is 0 Å². The molecule has 3 N–H and O–H groups in total. The summed E-state index contributed by atoms with van der Waals surface area (Å²) in [5, 5.41) is 0.855. The molecule has 1 aromatic heterocycles. The minimum atomic E-state index is -1.03. The molecule has 1 aliphatic rings. The molecule has 3 rings (SSSR count). The maximum atomic E-state index is 12.6. The lowest BCUT2D eigenvalue weighted by Gasteiger charge is -2.10. The minimum absolute atomic E-state index is 0.250. The molecule has 102 valence electrons. The summed E-state index contributed by atoms with van der Waals surface area (Å²) in [5.41, 5.74) is 8.16. The van der Waals surface area contributed by atoms with Crippen molar-refractivity contribution in [3.63, 3.8) is 0 Å². The van der Waals surface area contributed by atoms with Crippen molar-refractivity contribution in [3.05, 3.63) is 18.2 Å². The molecule has 0 radical (unpaired) electrons. The molecule has 1 heterocycles. The van der Waals surface area contributed by atoms with E-state index in [1.54, 1.807) is 0 Å². The van der Waals surface area contributed by atoms with Crippen molar-refractivity contribution in [2.24, 2.45) is 0 Å². The largest absolute Gasteiger partial charge is 0.399 e. The zero-order chi connectivity index (χ0) is 13.2. The number of aromatic nitrogens is 2. The Morgan fingerprint density at radius 3 is 2.68 bits per heavy atom. The molecule has 1 aromatic carbocycles. The molecule has 0 saturated heterocycles. The Morgan fingerprint density at radius 2 is 1.95 bits per heavy atom. The lowest BCUT2D eigenvalue weighted by Crippen LogP contribution is -2.15. The van der Waals surface area contributed by atoms with E-state index in [2.05, 4.69) is 9.97 Å². The van der Waals surface area contributed by atoms with Gasteiger partial charge < -0.3 is 10.7 Å². The second-order valence-corrected chi connectivity index (χ2v) is 6.88. The van der Waals surface area contributed by atoms with Crippen molar-refractivity contribution in [1.29, 1.82) is 0 Å². The summed E-state index contributed by atoms with van der Waals surface area (Å²) in [5.74, 6) is 0. The lowest BCUT2D eigenvalue weighted by atomic mass is 10.2. The number of nitrogen functional groups attached to an aromatic ring is 1. The van der Waals surface area contributed by atoms with Crippen LogP contribution in [0.5, 0.6) is 0 Å². The van der Waals surface area contributed by atoms with Gasteiger partial charge >= 0.3 is 0 Å². The predicted octanol–water partition coefficient (Wildman–Crippen LogP) is 2.98. The lowest BCUT2D eigenvalue weighted by molar-refractivity contribution is 0.637. The highest BCUT2D eigenvalue weighted by Crippen LogP contribution is 2.25. The number of imidazole rings is 1. The molecule has 1 saturated carbocycles. The fourth-order valence-electron chi connectivity index (χ4n) is 2.71. The number of hydrogen-bond donors (Lipinski definition) is 2. The van der Waals surface area contributed by atoms with Gasteiger partial charge in [0.25, 0.3) is 0 Å². The van der Waals surface area contributed by atoms with Crippen molar-refractivity contribution in [2.75, 3.05) is 5.73 Å². The van der Waals surface area contributed by atoms with Gasteiger partial charge in [-0.05, 0) is 31.0 Å². The summed E-state index contributed by atoms with van der Waals surface area (Å²) >= 11 is 0. The third-order valence-corrected chi connectivity index (χ3v) is 5.43. The summed E-state index contributed by atoms with van der Waals surface area (Å²) in [4.78, 5) is 7.61. The number of aromatic amines is 1. The van der Waals surface area contributed by atoms with E-state index in [1.807, 2.05) is 18.2 Å². The summed E-state index contributed by atoms with van der Waals surface area (Å²) in [6.45, 7) is 0. The molecular weight excluding hydrogens is 258 g/mol. The third-order valence-electron chi connectivity index (χ3n) is 3.78.